The largest absolute Gasteiger partial charge is 0.345 e. The molecule has 0 aromatic rings. The normalized spacial score (nSPS) is 7.80. The van der Waals surface area contributed by atoms with E-state index in [-0.39, 0.29) is 5.91 Å². The topological polar surface area (TPSA) is 29.1 Å². The zero-order valence-electron chi connectivity index (χ0n) is 6.53. The molecule has 0 aliphatic rings. The van der Waals surface area contributed by atoms with Crippen LogP contribution >= 0.6 is 0 Å². The lowest BCUT2D eigenvalue weighted by Crippen LogP contribution is -2.19. The van der Waals surface area contributed by atoms with E-state index in [0.29, 0.717) is 6.54 Å². The second-order valence-electron chi connectivity index (χ2n) is 2.01. The van der Waals surface area contributed by atoms with Gasteiger partial charge < -0.3 is 5.32 Å². The number of hydrogen-bond donors (Lipinski definition) is 1. The summed E-state index contributed by atoms with van der Waals surface area (Å²) in [6.07, 6.45) is 1.99. The summed E-state index contributed by atoms with van der Waals surface area (Å²) < 4.78 is 0. The number of unbranched alkanes of at least 4 members (excludes halogenated alkanes) is 1. The summed E-state index contributed by atoms with van der Waals surface area (Å²) in [5.41, 5.74) is 0. The van der Waals surface area contributed by atoms with E-state index >= 15 is 0 Å². The SMILES string of the molecule is CCCC#CCNC(C)=O. The monoisotopic (exact) mass is 139 g/mol. The zero-order chi connectivity index (χ0) is 7.82. The summed E-state index contributed by atoms with van der Waals surface area (Å²) in [7, 11) is 0. The van der Waals surface area contributed by atoms with Crippen LogP contribution < -0.4 is 5.32 Å². The molecule has 0 fully saturated rings. The maximum absolute atomic E-state index is 10.3. The van der Waals surface area contributed by atoms with Gasteiger partial charge in [0.05, 0.1) is 6.54 Å². The van der Waals surface area contributed by atoms with Crippen LogP contribution in [0.5, 0.6) is 0 Å². The van der Waals surface area contributed by atoms with E-state index in [0.717, 1.165) is 12.8 Å². The van der Waals surface area contributed by atoms with E-state index in [4.69, 9.17) is 0 Å². The summed E-state index contributed by atoms with van der Waals surface area (Å²) in [6, 6.07) is 0. The second kappa shape index (κ2) is 6.15. The number of rotatable bonds is 2. The first-order valence-electron chi connectivity index (χ1n) is 3.47. The minimum atomic E-state index is -0.0224. The van der Waals surface area contributed by atoms with Gasteiger partial charge in [0.1, 0.15) is 0 Å². The highest BCUT2D eigenvalue weighted by atomic mass is 16.1. The van der Waals surface area contributed by atoms with Crippen molar-refractivity contribution in [2.24, 2.45) is 0 Å². The fourth-order valence-electron chi connectivity index (χ4n) is 0.445. The van der Waals surface area contributed by atoms with Crippen molar-refractivity contribution in [2.45, 2.75) is 26.7 Å². The van der Waals surface area contributed by atoms with Crippen molar-refractivity contribution < 1.29 is 4.79 Å². The number of nitrogens with one attached hydrogen (secondary N) is 1. The van der Waals surface area contributed by atoms with Crippen molar-refractivity contribution in [3.63, 3.8) is 0 Å². The minimum Gasteiger partial charge on any atom is -0.345 e. The Morgan fingerprint density at radius 2 is 2.20 bits per heavy atom. The Balaban J connectivity index is 3.20. The third-order valence-electron chi connectivity index (χ3n) is 0.926. The molecule has 0 atom stereocenters. The van der Waals surface area contributed by atoms with Gasteiger partial charge in [-0.3, -0.25) is 4.79 Å². The molecule has 0 saturated heterocycles. The fraction of sp³-hybridized carbons (Fsp3) is 0.625. The molecule has 1 amide bonds. The lowest BCUT2D eigenvalue weighted by molar-refractivity contribution is -0.118. The van der Waals surface area contributed by atoms with Crippen molar-refractivity contribution in [2.75, 3.05) is 6.54 Å². The number of carbonyl (C=O) groups excluding carboxylic acids is 1. The molecule has 0 spiro atoms. The molecule has 0 radical (unpaired) electrons. The molecule has 0 heterocycles. The van der Waals surface area contributed by atoms with E-state index < -0.39 is 0 Å². The van der Waals surface area contributed by atoms with Crippen molar-refractivity contribution in [1.82, 2.24) is 5.32 Å². The van der Waals surface area contributed by atoms with Gasteiger partial charge in [-0.25, -0.2) is 0 Å². The van der Waals surface area contributed by atoms with Crippen LogP contribution in [-0.2, 0) is 4.79 Å². The van der Waals surface area contributed by atoms with Gasteiger partial charge in [0.25, 0.3) is 0 Å². The smallest absolute Gasteiger partial charge is 0.217 e. The van der Waals surface area contributed by atoms with Crippen LogP contribution in [0.2, 0.25) is 0 Å². The summed E-state index contributed by atoms with van der Waals surface area (Å²) in [4.78, 5) is 10.3. The molecule has 0 aliphatic heterocycles. The van der Waals surface area contributed by atoms with Crippen molar-refractivity contribution in [3.8, 4) is 11.8 Å². The van der Waals surface area contributed by atoms with E-state index in [1.165, 1.54) is 6.92 Å². The molecule has 56 valence electrons. The molecule has 2 nitrogen and oxygen atoms in total. The number of hydrogen-bond acceptors (Lipinski definition) is 1. The Hall–Kier alpha value is -0.970. The van der Waals surface area contributed by atoms with E-state index in [1.807, 2.05) is 0 Å². The van der Waals surface area contributed by atoms with Gasteiger partial charge in [0.15, 0.2) is 0 Å². The lowest BCUT2D eigenvalue weighted by Gasteiger charge is -1.90. The molecule has 0 aliphatic carbocycles. The Labute approximate surface area is 62.0 Å². The van der Waals surface area contributed by atoms with Crippen molar-refractivity contribution >= 4 is 5.91 Å². The first-order valence-corrected chi connectivity index (χ1v) is 3.47. The molecule has 0 aromatic carbocycles. The fourth-order valence-corrected chi connectivity index (χ4v) is 0.445. The molecular formula is C8H13NO. The number of carbonyl (C=O) groups is 1. The third-order valence-corrected chi connectivity index (χ3v) is 0.926. The van der Waals surface area contributed by atoms with Crippen molar-refractivity contribution in [3.05, 3.63) is 0 Å². The lowest BCUT2D eigenvalue weighted by atomic mass is 10.3. The van der Waals surface area contributed by atoms with Crippen LogP contribution in [0, 0.1) is 11.8 Å². The van der Waals surface area contributed by atoms with Crippen LogP contribution in [-0.4, -0.2) is 12.5 Å². The van der Waals surface area contributed by atoms with E-state index in [9.17, 15) is 4.79 Å². The Morgan fingerprint density at radius 1 is 1.50 bits per heavy atom. The molecular weight excluding hydrogens is 126 g/mol. The van der Waals surface area contributed by atoms with Crippen LogP contribution in [0.1, 0.15) is 26.7 Å². The summed E-state index contributed by atoms with van der Waals surface area (Å²) in [6.45, 7) is 4.05. The van der Waals surface area contributed by atoms with E-state index in [2.05, 4.69) is 24.1 Å². The highest BCUT2D eigenvalue weighted by Crippen LogP contribution is 1.79. The van der Waals surface area contributed by atoms with Gasteiger partial charge in [0.2, 0.25) is 5.91 Å². The van der Waals surface area contributed by atoms with Crippen LogP contribution in [0.3, 0.4) is 0 Å². The van der Waals surface area contributed by atoms with Crippen LogP contribution in [0.4, 0.5) is 0 Å². The Kier molecular flexibility index (Phi) is 5.56. The molecule has 10 heavy (non-hydrogen) atoms. The maximum atomic E-state index is 10.3. The highest BCUT2D eigenvalue weighted by Gasteiger charge is 1.82. The first kappa shape index (κ1) is 9.03. The van der Waals surface area contributed by atoms with Gasteiger partial charge in [0, 0.05) is 13.3 Å². The summed E-state index contributed by atoms with van der Waals surface area (Å²) in [5, 5.41) is 2.59. The standard InChI is InChI=1S/C8H13NO/c1-3-4-5-6-7-9-8(2)10/h3-4,7H2,1-2H3,(H,9,10). The van der Waals surface area contributed by atoms with Gasteiger partial charge >= 0.3 is 0 Å². The molecule has 0 aromatic heterocycles. The summed E-state index contributed by atoms with van der Waals surface area (Å²) >= 11 is 0. The van der Waals surface area contributed by atoms with Crippen LogP contribution in [0.15, 0.2) is 0 Å². The van der Waals surface area contributed by atoms with Gasteiger partial charge in [-0.2, -0.15) is 0 Å². The van der Waals surface area contributed by atoms with Gasteiger partial charge in [-0.05, 0) is 6.42 Å². The van der Waals surface area contributed by atoms with Gasteiger partial charge in [-0.15, -0.1) is 5.92 Å². The predicted octanol–water partition coefficient (Wildman–Crippen LogP) is 0.926. The average molecular weight is 139 g/mol. The maximum Gasteiger partial charge on any atom is 0.217 e. The van der Waals surface area contributed by atoms with Gasteiger partial charge in [-0.1, -0.05) is 12.8 Å². The second-order valence-corrected chi connectivity index (χ2v) is 2.01. The predicted molar refractivity (Wildman–Crippen MR) is 41.4 cm³/mol. The zero-order valence-corrected chi connectivity index (χ0v) is 6.53. The highest BCUT2D eigenvalue weighted by molar-refractivity contribution is 5.73. The molecule has 2 heteroatoms. The Bertz CT molecular complexity index is 152. The first-order chi connectivity index (χ1) is 4.77. The van der Waals surface area contributed by atoms with E-state index in [1.54, 1.807) is 0 Å². The molecule has 1 N–H and O–H groups in total. The third kappa shape index (κ3) is 7.03. The van der Waals surface area contributed by atoms with Crippen molar-refractivity contribution in [1.29, 1.82) is 0 Å². The van der Waals surface area contributed by atoms with Crippen LogP contribution in [0.25, 0.3) is 0 Å². The average Bonchev–Trinajstić information content (AvgIpc) is 1.87. The molecule has 0 saturated carbocycles. The molecule has 0 bridgehead atoms. The molecule has 0 rings (SSSR count). The Morgan fingerprint density at radius 3 is 2.70 bits per heavy atom. The number of amides is 1. The quantitative estimate of drug-likeness (QED) is 0.566. The minimum absolute atomic E-state index is 0.0224. The molecule has 0 unspecified atom stereocenters. The summed E-state index contributed by atoms with van der Waals surface area (Å²) in [5.74, 6) is 5.74.